The molecule has 96 valence electrons. The summed E-state index contributed by atoms with van der Waals surface area (Å²) in [6.45, 7) is 2.64. The highest BCUT2D eigenvalue weighted by molar-refractivity contribution is 5.73. The first-order valence-corrected chi connectivity index (χ1v) is 5.04. The summed E-state index contributed by atoms with van der Waals surface area (Å²) in [6.07, 6.45) is -4.21. The molecule has 0 aromatic carbocycles. The number of nitrogens with zero attached hydrogens (tertiary/aromatic N) is 3. The molecule has 0 unspecified atom stereocenters. The molecule has 5 nitrogen and oxygen atoms in total. The maximum absolute atomic E-state index is 12.6. The van der Waals surface area contributed by atoms with Gasteiger partial charge in [0.05, 0.1) is 0 Å². The number of halogens is 3. The smallest absolute Gasteiger partial charge is 0.382 e. The van der Waals surface area contributed by atoms with E-state index in [1.807, 2.05) is 0 Å². The number of rotatable bonds is 6. The van der Waals surface area contributed by atoms with Crippen LogP contribution < -0.4 is 0 Å². The van der Waals surface area contributed by atoms with Crippen LogP contribution in [0.25, 0.3) is 0 Å². The first kappa shape index (κ1) is 13.6. The van der Waals surface area contributed by atoms with E-state index in [4.69, 9.17) is 4.74 Å². The van der Waals surface area contributed by atoms with Crippen molar-refractivity contribution in [3.05, 3.63) is 11.4 Å². The fraction of sp³-hybridized carbons (Fsp3) is 0.667. The number of hydrogen-bond donors (Lipinski definition) is 0. The summed E-state index contributed by atoms with van der Waals surface area (Å²) in [4.78, 5) is 10.4. The van der Waals surface area contributed by atoms with Crippen LogP contribution in [0.5, 0.6) is 0 Å². The van der Waals surface area contributed by atoms with Crippen LogP contribution >= 0.6 is 0 Å². The van der Waals surface area contributed by atoms with E-state index >= 15 is 0 Å². The molecule has 0 aliphatic carbocycles. The number of alkyl halides is 3. The lowest BCUT2D eigenvalue weighted by Gasteiger charge is -2.09. The Morgan fingerprint density at radius 3 is 2.71 bits per heavy atom. The van der Waals surface area contributed by atoms with E-state index in [-0.39, 0.29) is 12.8 Å². The molecule has 0 amide bonds. The van der Waals surface area contributed by atoms with Crippen molar-refractivity contribution in [2.75, 3.05) is 13.2 Å². The summed E-state index contributed by atoms with van der Waals surface area (Å²) in [5, 5.41) is 6.50. The van der Waals surface area contributed by atoms with E-state index < -0.39 is 17.6 Å². The Balaban J connectivity index is 2.78. The molecule has 0 fully saturated rings. The van der Waals surface area contributed by atoms with Gasteiger partial charge in [-0.3, -0.25) is 4.79 Å². The summed E-state index contributed by atoms with van der Waals surface area (Å²) >= 11 is 0. The number of aryl methyl sites for hydroxylation is 1. The lowest BCUT2D eigenvalue weighted by Crippen LogP contribution is -2.17. The van der Waals surface area contributed by atoms with Crippen LogP contribution in [0.15, 0.2) is 0 Å². The molecule has 1 rings (SSSR count). The standard InChI is InChI=1S/C9H12F3N3O2/c1-2-17-5-3-4-15-8(9(10,11)12)7(6-16)13-14-15/h6H,2-5H2,1H3. The molecule has 1 heterocycles. The Morgan fingerprint density at radius 2 is 2.18 bits per heavy atom. The van der Waals surface area contributed by atoms with Gasteiger partial charge in [0, 0.05) is 19.8 Å². The average Bonchev–Trinajstić information content (AvgIpc) is 2.67. The third-order valence-corrected chi connectivity index (χ3v) is 2.00. The molecule has 0 saturated heterocycles. The Hall–Kier alpha value is -1.44. The van der Waals surface area contributed by atoms with Gasteiger partial charge in [0.2, 0.25) is 0 Å². The predicted octanol–water partition coefficient (Wildman–Crippen LogP) is 1.54. The summed E-state index contributed by atoms with van der Waals surface area (Å²) < 4.78 is 43.5. The van der Waals surface area contributed by atoms with Crippen molar-refractivity contribution in [2.24, 2.45) is 0 Å². The van der Waals surface area contributed by atoms with Crippen molar-refractivity contribution in [1.82, 2.24) is 15.0 Å². The molecule has 1 aromatic rings. The first-order chi connectivity index (χ1) is 8.00. The Kier molecular flexibility index (Phi) is 4.62. The van der Waals surface area contributed by atoms with Crippen molar-refractivity contribution in [3.63, 3.8) is 0 Å². The number of aldehydes is 1. The van der Waals surface area contributed by atoms with E-state index in [0.717, 1.165) is 0 Å². The lowest BCUT2D eigenvalue weighted by molar-refractivity contribution is -0.144. The van der Waals surface area contributed by atoms with E-state index in [9.17, 15) is 18.0 Å². The van der Waals surface area contributed by atoms with Gasteiger partial charge in [-0.25, -0.2) is 4.68 Å². The zero-order chi connectivity index (χ0) is 12.9. The predicted molar refractivity (Wildman–Crippen MR) is 51.5 cm³/mol. The second-order valence-corrected chi connectivity index (χ2v) is 3.21. The molecule has 1 aromatic heterocycles. The van der Waals surface area contributed by atoms with Crippen LogP contribution in [-0.4, -0.2) is 34.5 Å². The summed E-state index contributed by atoms with van der Waals surface area (Å²) in [6, 6.07) is 0. The van der Waals surface area contributed by atoms with Gasteiger partial charge in [0.15, 0.2) is 17.7 Å². The molecule has 0 aliphatic heterocycles. The number of ether oxygens (including phenoxy) is 1. The minimum atomic E-state index is -4.63. The molecule has 17 heavy (non-hydrogen) atoms. The van der Waals surface area contributed by atoms with Crippen LogP contribution in [0.1, 0.15) is 29.5 Å². The molecule has 0 bridgehead atoms. The maximum atomic E-state index is 12.6. The van der Waals surface area contributed by atoms with E-state index in [1.165, 1.54) is 0 Å². The quantitative estimate of drug-likeness (QED) is 0.568. The Labute approximate surface area is 95.6 Å². The molecule has 0 spiro atoms. The van der Waals surface area contributed by atoms with Crippen molar-refractivity contribution >= 4 is 6.29 Å². The van der Waals surface area contributed by atoms with E-state index in [0.29, 0.717) is 24.3 Å². The second-order valence-electron chi connectivity index (χ2n) is 3.21. The van der Waals surface area contributed by atoms with Gasteiger partial charge in [-0.05, 0) is 13.3 Å². The number of carbonyl (C=O) groups is 1. The average molecular weight is 251 g/mol. The molecular weight excluding hydrogens is 239 g/mol. The number of hydrogen-bond acceptors (Lipinski definition) is 4. The van der Waals surface area contributed by atoms with E-state index in [1.54, 1.807) is 6.92 Å². The van der Waals surface area contributed by atoms with Gasteiger partial charge in [-0.1, -0.05) is 5.21 Å². The number of carbonyl (C=O) groups excluding carboxylic acids is 1. The largest absolute Gasteiger partial charge is 0.435 e. The van der Waals surface area contributed by atoms with Gasteiger partial charge < -0.3 is 4.74 Å². The summed E-state index contributed by atoms with van der Waals surface area (Å²) in [5.74, 6) is 0. The van der Waals surface area contributed by atoms with Crippen molar-refractivity contribution in [1.29, 1.82) is 0 Å². The molecule has 0 aliphatic rings. The highest BCUT2D eigenvalue weighted by Crippen LogP contribution is 2.30. The molecular formula is C9H12F3N3O2. The van der Waals surface area contributed by atoms with Crippen LogP contribution in [0.3, 0.4) is 0 Å². The van der Waals surface area contributed by atoms with Crippen molar-refractivity contribution in [2.45, 2.75) is 26.1 Å². The molecule has 0 N–H and O–H groups in total. The molecule has 8 heteroatoms. The van der Waals surface area contributed by atoms with Crippen molar-refractivity contribution in [3.8, 4) is 0 Å². The van der Waals surface area contributed by atoms with Gasteiger partial charge >= 0.3 is 6.18 Å². The molecule has 0 atom stereocenters. The Morgan fingerprint density at radius 1 is 1.47 bits per heavy atom. The summed E-state index contributed by atoms with van der Waals surface area (Å²) in [5.41, 5.74) is -1.79. The summed E-state index contributed by atoms with van der Waals surface area (Å²) in [7, 11) is 0. The zero-order valence-corrected chi connectivity index (χ0v) is 9.20. The van der Waals surface area contributed by atoms with Gasteiger partial charge in [-0.2, -0.15) is 13.2 Å². The van der Waals surface area contributed by atoms with Gasteiger partial charge in [0.1, 0.15) is 0 Å². The third kappa shape index (κ3) is 3.52. The molecule has 0 saturated carbocycles. The van der Waals surface area contributed by atoms with Crippen LogP contribution in [0, 0.1) is 0 Å². The number of aromatic nitrogens is 3. The minimum absolute atomic E-state index is 0.00961. The van der Waals surface area contributed by atoms with Gasteiger partial charge in [0.25, 0.3) is 0 Å². The maximum Gasteiger partial charge on any atom is 0.435 e. The Bertz CT molecular complexity index is 376. The monoisotopic (exact) mass is 251 g/mol. The third-order valence-electron chi connectivity index (χ3n) is 2.00. The SMILES string of the molecule is CCOCCCn1nnc(C=O)c1C(F)(F)F. The minimum Gasteiger partial charge on any atom is -0.382 e. The van der Waals surface area contributed by atoms with Gasteiger partial charge in [-0.15, -0.1) is 5.10 Å². The highest BCUT2D eigenvalue weighted by atomic mass is 19.4. The zero-order valence-electron chi connectivity index (χ0n) is 9.20. The fourth-order valence-electron chi connectivity index (χ4n) is 1.31. The van der Waals surface area contributed by atoms with Crippen molar-refractivity contribution < 1.29 is 22.7 Å². The van der Waals surface area contributed by atoms with Crippen LogP contribution in [-0.2, 0) is 17.5 Å². The fourth-order valence-corrected chi connectivity index (χ4v) is 1.31. The van der Waals surface area contributed by atoms with E-state index in [2.05, 4.69) is 10.3 Å². The first-order valence-electron chi connectivity index (χ1n) is 5.04. The topological polar surface area (TPSA) is 57.0 Å². The van der Waals surface area contributed by atoms with Crippen LogP contribution in [0.4, 0.5) is 13.2 Å². The second kappa shape index (κ2) is 5.76. The highest BCUT2D eigenvalue weighted by Gasteiger charge is 2.39. The molecule has 0 radical (unpaired) electrons. The normalized spacial score (nSPS) is 11.8. The van der Waals surface area contributed by atoms with Crippen LogP contribution in [0.2, 0.25) is 0 Å². The lowest BCUT2D eigenvalue weighted by atomic mass is 10.3.